The molecule has 0 radical (unpaired) electrons. The van der Waals surface area contributed by atoms with Gasteiger partial charge < -0.3 is 14.5 Å². The summed E-state index contributed by atoms with van der Waals surface area (Å²) in [6.07, 6.45) is 4.79. The van der Waals surface area contributed by atoms with Crippen molar-refractivity contribution in [3.05, 3.63) is 11.1 Å². The standard InChI is InChI=1S/C12H16N4O2S/c1-17-10-8-9(13-7-14-10)16(11(19)15-8)6-12(18-2)4-3-5-12/h7H,3-6H2,1-2H3,(H,15,19). The Morgan fingerprint density at radius 3 is 2.79 bits per heavy atom. The largest absolute Gasteiger partial charge is 0.479 e. The Morgan fingerprint density at radius 2 is 2.21 bits per heavy atom. The van der Waals surface area contributed by atoms with Crippen LogP contribution in [0.2, 0.25) is 0 Å². The van der Waals surface area contributed by atoms with E-state index in [1.165, 1.54) is 12.7 Å². The van der Waals surface area contributed by atoms with Crippen LogP contribution in [-0.2, 0) is 11.3 Å². The first-order valence-electron chi connectivity index (χ1n) is 6.22. The van der Waals surface area contributed by atoms with Gasteiger partial charge in [0, 0.05) is 7.11 Å². The lowest BCUT2D eigenvalue weighted by atomic mass is 9.80. The van der Waals surface area contributed by atoms with Gasteiger partial charge in [-0.1, -0.05) is 0 Å². The number of ether oxygens (including phenoxy) is 2. The predicted molar refractivity (Wildman–Crippen MR) is 72.9 cm³/mol. The van der Waals surface area contributed by atoms with Crippen LogP contribution in [0.5, 0.6) is 5.88 Å². The van der Waals surface area contributed by atoms with Gasteiger partial charge in [0.1, 0.15) is 11.8 Å². The zero-order valence-corrected chi connectivity index (χ0v) is 11.8. The minimum atomic E-state index is -0.106. The summed E-state index contributed by atoms with van der Waals surface area (Å²) in [7, 11) is 3.34. The Bertz CT molecular complexity index is 654. The normalized spacial score (nSPS) is 17.4. The van der Waals surface area contributed by atoms with Crippen LogP contribution in [0.3, 0.4) is 0 Å². The molecule has 0 saturated heterocycles. The molecule has 0 unspecified atom stereocenters. The van der Waals surface area contributed by atoms with Crippen LogP contribution in [0.1, 0.15) is 19.3 Å². The highest BCUT2D eigenvalue weighted by molar-refractivity contribution is 7.71. The molecule has 102 valence electrons. The van der Waals surface area contributed by atoms with Crippen LogP contribution in [0.25, 0.3) is 11.2 Å². The van der Waals surface area contributed by atoms with E-state index in [1.54, 1.807) is 14.2 Å². The number of nitrogens with one attached hydrogen (secondary N) is 1. The minimum absolute atomic E-state index is 0.106. The van der Waals surface area contributed by atoms with Gasteiger partial charge >= 0.3 is 0 Å². The van der Waals surface area contributed by atoms with Gasteiger partial charge in [-0.3, -0.25) is 4.57 Å². The van der Waals surface area contributed by atoms with Crippen LogP contribution in [-0.4, -0.2) is 39.3 Å². The maximum atomic E-state index is 5.65. The maximum absolute atomic E-state index is 5.65. The molecule has 1 aliphatic rings. The SMILES string of the molecule is COc1ncnc2c1[nH]c(=S)n2CC1(OC)CCC1. The monoisotopic (exact) mass is 280 g/mol. The molecular formula is C12H16N4O2S. The third-order valence-electron chi connectivity index (χ3n) is 3.86. The van der Waals surface area contributed by atoms with E-state index in [0.29, 0.717) is 17.2 Å². The first-order chi connectivity index (χ1) is 9.19. The summed E-state index contributed by atoms with van der Waals surface area (Å²) in [5, 5.41) is 0. The summed E-state index contributed by atoms with van der Waals surface area (Å²) in [5.41, 5.74) is 1.40. The molecule has 1 N–H and O–H groups in total. The van der Waals surface area contributed by atoms with Crippen molar-refractivity contribution >= 4 is 23.4 Å². The van der Waals surface area contributed by atoms with Crippen molar-refractivity contribution < 1.29 is 9.47 Å². The van der Waals surface area contributed by atoms with E-state index in [4.69, 9.17) is 21.7 Å². The lowest BCUT2D eigenvalue weighted by molar-refractivity contribution is -0.0831. The number of imidazole rings is 1. The molecule has 0 amide bonds. The number of hydrogen-bond donors (Lipinski definition) is 1. The average Bonchev–Trinajstić information content (AvgIpc) is 2.69. The molecule has 3 rings (SSSR count). The van der Waals surface area contributed by atoms with E-state index in [0.717, 1.165) is 24.0 Å². The molecule has 0 aromatic carbocycles. The number of methoxy groups -OCH3 is 2. The summed E-state index contributed by atoms with van der Waals surface area (Å²) in [6.45, 7) is 0.711. The zero-order chi connectivity index (χ0) is 13.5. The molecule has 0 bridgehead atoms. The first-order valence-corrected chi connectivity index (χ1v) is 6.62. The second kappa shape index (κ2) is 4.57. The Hall–Kier alpha value is -1.47. The summed E-state index contributed by atoms with van der Waals surface area (Å²) in [6, 6.07) is 0. The molecule has 0 spiro atoms. The van der Waals surface area contributed by atoms with Crippen molar-refractivity contribution in [1.82, 2.24) is 19.5 Å². The summed E-state index contributed by atoms with van der Waals surface area (Å²) in [4.78, 5) is 11.5. The van der Waals surface area contributed by atoms with Crippen molar-refractivity contribution in [3.63, 3.8) is 0 Å². The van der Waals surface area contributed by atoms with Crippen molar-refractivity contribution in [3.8, 4) is 5.88 Å². The fraction of sp³-hybridized carbons (Fsp3) is 0.583. The smallest absolute Gasteiger partial charge is 0.242 e. The molecule has 19 heavy (non-hydrogen) atoms. The zero-order valence-electron chi connectivity index (χ0n) is 11.0. The van der Waals surface area contributed by atoms with Crippen LogP contribution >= 0.6 is 12.2 Å². The number of fused-ring (bicyclic) bond motifs is 1. The second-order valence-corrected chi connectivity index (χ2v) is 5.23. The van der Waals surface area contributed by atoms with Crippen LogP contribution < -0.4 is 4.74 Å². The van der Waals surface area contributed by atoms with E-state index < -0.39 is 0 Å². The molecule has 0 aliphatic heterocycles. The van der Waals surface area contributed by atoms with Gasteiger partial charge in [0.05, 0.1) is 19.3 Å². The lowest BCUT2D eigenvalue weighted by Crippen LogP contribution is -2.43. The van der Waals surface area contributed by atoms with Gasteiger partial charge in [-0.15, -0.1) is 0 Å². The molecular weight excluding hydrogens is 264 g/mol. The molecule has 2 aromatic heterocycles. The van der Waals surface area contributed by atoms with Gasteiger partial charge in [0.15, 0.2) is 10.4 Å². The van der Waals surface area contributed by atoms with Crippen molar-refractivity contribution in [2.24, 2.45) is 0 Å². The van der Waals surface area contributed by atoms with Gasteiger partial charge in [-0.25, -0.2) is 4.98 Å². The van der Waals surface area contributed by atoms with E-state index in [9.17, 15) is 0 Å². The highest BCUT2D eigenvalue weighted by Crippen LogP contribution is 2.37. The van der Waals surface area contributed by atoms with Crippen LogP contribution in [0.15, 0.2) is 6.33 Å². The summed E-state index contributed by atoms with van der Waals surface area (Å²) < 4.78 is 13.5. The first kappa shape index (κ1) is 12.6. The average molecular weight is 280 g/mol. The Labute approximate surface area is 115 Å². The molecule has 1 saturated carbocycles. The van der Waals surface area contributed by atoms with E-state index in [-0.39, 0.29) is 5.60 Å². The van der Waals surface area contributed by atoms with Crippen molar-refractivity contribution in [1.29, 1.82) is 0 Å². The molecule has 6 nitrogen and oxygen atoms in total. The number of aromatic nitrogens is 4. The Kier molecular flexibility index (Phi) is 3.02. The molecule has 2 heterocycles. The lowest BCUT2D eigenvalue weighted by Gasteiger charge is -2.40. The van der Waals surface area contributed by atoms with Crippen LogP contribution in [0.4, 0.5) is 0 Å². The number of nitrogens with zero attached hydrogens (tertiary/aromatic N) is 3. The number of hydrogen-bond acceptors (Lipinski definition) is 5. The molecule has 1 fully saturated rings. The third kappa shape index (κ3) is 1.93. The van der Waals surface area contributed by atoms with Gasteiger partial charge in [-0.2, -0.15) is 4.98 Å². The number of aromatic amines is 1. The van der Waals surface area contributed by atoms with Gasteiger partial charge in [0.25, 0.3) is 0 Å². The Morgan fingerprint density at radius 1 is 1.42 bits per heavy atom. The summed E-state index contributed by atoms with van der Waals surface area (Å²) in [5.74, 6) is 0.509. The number of rotatable bonds is 4. The highest BCUT2D eigenvalue weighted by atomic mass is 32.1. The molecule has 0 atom stereocenters. The number of H-pyrrole nitrogens is 1. The topological polar surface area (TPSA) is 65.0 Å². The quantitative estimate of drug-likeness (QED) is 0.869. The van der Waals surface area contributed by atoms with E-state index in [2.05, 4.69) is 15.0 Å². The minimum Gasteiger partial charge on any atom is -0.479 e. The van der Waals surface area contributed by atoms with Crippen LogP contribution in [0, 0.1) is 4.77 Å². The Balaban J connectivity index is 2.08. The van der Waals surface area contributed by atoms with Crippen molar-refractivity contribution in [2.75, 3.05) is 14.2 Å². The summed E-state index contributed by atoms with van der Waals surface area (Å²) >= 11 is 5.38. The third-order valence-corrected chi connectivity index (χ3v) is 4.19. The fourth-order valence-electron chi connectivity index (χ4n) is 2.53. The highest BCUT2D eigenvalue weighted by Gasteiger charge is 2.38. The predicted octanol–water partition coefficient (Wildman–Crippen LogP) is 2.07. The van der Waals surface area contributed by atoms with Crippen molar-refractivity contribution in [2.45, 2.75) is 31.4 Å². The molecule has 7 heteroatoms. The molecule has 2 aromatic rings. The molecule has 1 aliphatic carbocycles. The fourth-order valence-corrected chi connectivity index (χ4v) is 2.79. The maximum Gasteiger partial charge on any atom is 0.242 e. The van der Waals surface area contributed by atoms with E-state index >= 15 is 0 Å². The van der Waals surface area contributed by atoms with Gasteiger partial charge in [0.2, 0.25) is 5.88 Å². The van der Waals surface area contributed by atoms with E-state index in [1.807, 2.05) is 4.57 Å². The van der Waals surface area contributed by atoms with Gasteiger partial charge in [-0.05, 0) is 31.5 Å². The second-order valence-electron chi connectivity index (χ2n) is 4.84.